The van der Waals surface area contributed by atoms with E-state index in [1.165, 1.54) is 0 Å². The average Bonchev–Trinajstić information content (AvgIpc) is 2.39. The molecule has 0 aliphatic rings. The van der Waals surface area contributed by atoms with Crippen LogP contribution >= 0.6 is 11.6 Å². The van der Waals surface area contributed by atoms with Crippen molar-refractivity contribution in [2.45, 2.75) is 13.0 Å². The van der Waals surface area contributed by atoms with Gasteiger partial charge in [-0.25, -0.2) is 0 Å². The van der Waals surface area contributed by atoms with Crippen molar-refractivity contribution >= 4 is 23.3 Å². The number of para-hydroxylation sites is 1. The van der Waals surface area contributed by atoms with Crippen molar-refractivity contribution < 1.29 is 9.90 Å². The maximum Gasteiger partial charge on any atom is 0.0912 e. The van der Waals surface area contributed by atoms with Crippen LogP contribution in [0.5, 0.6) is 0 Å². The fourth-order valence-electron chi connectivity index (χ4n) is 1.82. The molecule has 2 rings (SSSR count). The molecule has 0 heterocycles. The van der Waals surface area contributed by atoms with Crippen molar-refractivity contribution in [1.29, 1.82) is 0 Å². The van der Waals surface area contributed by atoms with Crippen molar-refractivity contribution in [3.05, 3.63) is 64.7 Å². The van der Waals surface area contributed by atoms with Gasteiger partial charge >= 0.3 is 0 Å². The van der Waals surface area contributed by atoms with Crippen LogP contribution in [0.4, 0.5) is 5.69 Å². The molecule has 1 atom stereocenters. The van der Waals surface area contributed by atoms with Crippen LogP contribution in [-0.2, 0) is 4.79 Å². The fraction of sp³-hybridized carbons (Fsp3) is 0.133. The maximum atomic E-state index is 11.3. The van der Waals surface area contributed by atoms with Gasteiger partial charge in [0.1, 0.15) is 0 Å². The Morgan fingerprint density at radius 2 is 1.79 bits per heavy atom. The highest BCUT2D eigenvalue weighted by Gasteiger charge is 2.13. The first-order valence-electron chi connectivity index (χ1n) is 5.86. The van der Waals surface area contributed by atoms with Gasteiger partial charge in [0.25, 0.3) is 0 Å². The zero-order chi connectivity index (χ0) is 13.8. The number of halogens is 1. The molecule has 0 spiro atoms. The third-order valence-electron chi connectivity index (χ3n) is 2.88. The molecule has 0 amide bonds. The molecule has 19 heavy (non-hydrogen) atoms. The second-order valence-electron chi connectivity index (χ2n) is 4.26. The lowest BCUT2D eigenvalue weighted by Gasteiger charge is -2.22. The van der Waals surface area contributed by atoms with Gasteiger partial charge in [-0.1, -0.05) is 41.9 Å². The molecule has 0 fully saturated rings. The van der Waals surface area contributed by atoms with E-state index >= 15 is 0 Å². The number of benzene rings is 2. The summed E-state index contributed by atoms with van der Waals surface area (Å²) in [6.07, 6.45) is 0. The first-order chi connectivity index (χ1) is 9.08. The molecule has 1 N–H and O–H groups in total. The topological polar surface area (TPSA) is 52.2 Å². The Kier molecular flexibility index (Phi) is 4.07. The predicted molar refractivity (Wildman–Crippen MR) is 74.0 cm³/mol. The van der Waals surface area contributed by atoms with Crippen LogP contribution in [0.15, 0.2) is 48.5 Å². The minimum absolute atomic E-state index is 0.566. The monoisotopic (exact) mass is 274 g/mol. The van der Waals surface area contributed by atoms with Gasteiger partial charge in [-0.2, -0.15) is 0 Å². The zero-order valence-electron chi connectivity index (χ0n) is 10.4. The minimum Gasteiger partial charge on any atom is -0.548 e. The van der Waals surface area contributed by atoms with Gasteiger partial charge in [-0.15, -0.1) is 0 Å². The van der Waals surface area contributed by atoms with Crippen LogP contribution in [0.3, 0.4) is 0 Å². The Morgan fingerprint density at radius 3 is 2.37 bits per heavy atom. The number of anilines is 1. The van der Waals surface area contributed by atoms with E-state index < -0.39 is 12.0 Å². The van der Waals surface area contributed by atoms with Crippen LogP contribution in [0.2, 0.25) is 5.02 Å². The molecule has 98 valence electrons. The quantitative estimate of drug-likeness (QED) is 0.932. The van der Waals surface area contributed by atoms with E-state index in [-0.39, 0.29) is 0 Å². The summed E-state index contributed by atoms with van der Waals surface area (Å²) in [7, 11) is 0. The first kappa shape index (κ1) is 13.4. The molecule has 0 bridgehead atoms. The van der Waals surface area contributed by atoms with Crippen molar-refractivity contribution in [1.82, 2.24) is 0 Å². The van der Waals surface area contributed by atoms with E-state index in [4.69, 9.17) is 11.6 Å². The highest BCUT2D eigenvalue weighted by atomic mass is 35.5. The summed E-state index contributed by atoms with van der Waals surface area (Å²) in [5.41, 5.74) is 2.35. The number of aryl methyl sites for hydroxylation is 1. The van der Waals surface area contributed by atoms with Crippen molar-refractivity contribution in [2.24, 2.45) is 0 Å². The van der Waals surface area contributed by atoms with Gasteiger partial charge in [0.2, 0.25) is 0 Å². The molecular weight excluding hydrogens is 262 g/mol. The van der Waals surface area contributed by atoms with Crippen molar-refractivity contribution in [2.75, 3.05) is 5.32 Å². The largest absolute Gasteiger partial charge is 0.548 e. The summed E-state index contributed by atoms with van der Waals surface area (Å²) in [5, 5.41) is 14.8. The summed E-state index contributed by atoms with van der Waals surface area (Å²) in [5.74, 6) is -1.18. The molecule has 0 aromatic heterocycles. The smallest absolute Gasteiger partial charge is 0.0912 e. The molecule has 0 aliphatic heterocycles. The molecule has 4 heteroatoms. The number of carbonyl (C=O) groups excluding carboxylic acids is 1. The molecule has 2 aromatic rings. The normalized spacial score (nSPS) is 11.9. The number of carboxylic acids is 1. The fourth-order valence-corrected chi connectivity index (χ4v) is 1.95. The molecule has 0 saturated carbocycles. The molecule has 3 nitrogen and oxygen atoms in total. The van der Waals surface area contributed by atoms with Gasteiger partial charge in [0.15, 0.2) is 0 Å². The predicted octanol–water partition coefficient (Wildman–Crippen LogP) is 2.55. The van der Waals surface area contributed by atoms with Crippen LogP contribution in [-0.4, -0.2) is 5.97 Å². The molecule has 0 aliphatic carbocycles. The number of hydrogen-bond acceptors (Lipinski definition) is 3. The number of carbonyl (C=O) groups is 1. The van der Waals surface area contributed by atoms with Crippen molar-refractivity contribution in [3.8, 4) is 0 Å². The van der Waals surface area contributed by atoms with Gasteiger partial charge in [0.05, 0.1) is 12.0 Å². The molecule has 0 radical (unpaired) electrons. The second-order valence-corrected chi connectivity index (χ2v) is 4.70. The Bertz CT molecular complexity index is 581. The van der Waals surface area contributed by atoms with Crippen LogP contribution in [0, 0.1) is 6.92 Å². The highest BCUT2D eigenvalue weighted by Crippen LogP contribution is 2.23. The standard InChI is InChI=1S/C15H14ClNO2/c1-10-4-2-3-5-13(10)17-14(15(18)19)11-6-8-12(16)9-7-11/h2-9,14,17H,1H3,(H,18,19)/p-1/t14-/m1/s1. The van der Waals surface area contributed by atoms with Crippen LogP contribution < -0.4 is 10.4 Å². The lowest BCUT2D eigenvalue weighted by atomic mass is 10.1. The molecule has 0 saturated heterocycles. The molecular formula is C15H13ClNO2-. The van der Waals surface area contributed by atoms with Gasteiger partial charge in [-0.05, 0) is 36.2 Å². The third-order valence-corrected chi connectivity index (χ3v) is 3.14. The molecule has 0 unspecified atom stereocenters. The zero-order valence-corrected chi connectivity index (χ0v) is 11.1. The lowest BCUT2D eigenvalue weighted by Crippen LogP contribution is -2.34. The summed E-state index contributed by atoms with van der Waals surface area (Å²) >= 11 is 5.80. The average molecular weight is 275 g/mol. The van der Waals surface area contributed by atoms with Gasteiger partial charge in [0, 0.05) is 10.7 Å². The van der Waals surface area contributed by atoms with E-state index in [0.717, 1.165) is 11.3 Å². The SMILES string of the molecule is Cc1ccccc1N[C@@H](C(=O)[O-])c1ccc(Cl)cc1. The molecule has 2 aromatic carbocycles. The number of rotatable bonds is 4. The first-order valence-corrected chi connectivity index (χ1v) is 6.24. The van der Waals surface area contributed by atoms with E-state index in [0.29, 0.717) is 10.6 Å². The summed E-state index contributed by atoms with van der Waals surface area (Å²) in [4.78, 5) is 11.3. The highest BCUT2D eigenvalue weighted by molar-refractivity contribution is 6.30. The van der Waals surface area contributed by atoms with Crippen LogP contribution in [0.25, 0.3) is 0 Å². The minimum atomic E-state index is -1.18. The number of hydrogen-bond donors (Lipinski definition) is 1. The van der Waals surface area contributed by atoms with E-state index in [9.17, 15) is 9.90 Å². The van der Waals surface area contributed by atoms with Crippen molar-refractivity contribution in [3.63, 3.8) is 0 Å². The van der Waals surface area contributed by atoms with Crippen LogP contribution in [0.1, 0.15) is 17.2 Å². The number of carboxylic acid groups (broad SMARTS) is 1. The summed E-state index contributed by atoms with van der Waals surface area (Å²) in [6.45, 7) is 1.91. The van der Waals surface area contributed by atoms with E-state index in [2.05, 4.69) is 5.32 Å². The Morgan fingerprint density at radius 1 is 1.16 bits per heavy atom. The Balaban J connectivity index is 2.29. The summed E-state index contributed by atoms with van der Waals surface area (Å²) in [6, 6.07) is 13.3. The van der Waals surface area contributed by atoms with Gasteiger partial charge < -0.3 is 15.2 Å². The number of aliphatic carboxylic acids is 1. The second kappa shape index (κ2) is 5.76. The number of nitrogens with one attached hydrogen (secondary N) is 1. The lowest BCUT2D eigenvalue weighted by molar-refractivity contribution is -0.307. The van der Waals surface area contributed by atoms with E-state index in [1.807, 2.05) is 31.2 Å². The Labute approximate surface area is 116 Å². The maximum absolute atomic E-state index is 11.3. The van der Waals surface area contributed by atoms with Gasteiger partial charge in [-0.3, -0.25) is 0 Å². The van der Waals surface area contributed by atoms with E-state index in [1.54, 1.807) is 24.3 Å². The summed E-state index contributed by atoms with van der Waals surface area (Å²) < 4.78 is 0. The third kappa shape index (κ3) is 3.26. The Hall–Kier alpha value is -2.00.